The van der Waals surface area contributed by atoms with Crippen LogP contribution in [0.2, 0.25) is 0 Å². The molecule has 4 heterocycles. The zero-order valence-corrected chi connectivity index (χ0v) is 21.8. The van der Waals surface area contributed by atoms with Crippen molar-refractivity contribution in [2.24, 2.45) is 5.92 Å². The third-order valence-electron chi connectivity index (χ3n) is 6.94. The highest BCUT2D eigenvalue weighted by molar-refractivity contribution is 7.21. The Bertz CT molecular complexity index is 1380. The Morgan fingerprint density at radius 3 is 2.62 bits per heavy atom. The molecule has 0 unspecified atom stereocenters. The fraction of sp³-hybridized carbons (Fsp3) is 0.407. The zero-order valence-electron chi connectivity index (χ0n) is 21.0. The van der Waals surface area contributed by atoms with E-state index in [1.807, 2.05) is 51.1 Å². The van der Waals surface area contributed by atoms with Crippen LogP contribution in [0.15, 0.2) is 48.8 Å². The summed E-state index contributed by atoms with van der Waals surface area (Å²) in [6, 6.07) is 11.9. The predicted octanol–water partition coefficient (Wildman–Crippen LogP) is 4.38. The van der Waals surface area contributed by atoms with Gasteiger partial charge in [-0.25, -0.2) is 9.97 Å². The van der Waals surface area contributed by atoms with E-state index in [0.717, 1.165) is 32.0 Å². The molecule has 4 atom stereocenters. The van der Waals surface area contributed by atoms with Crippen molar-refractivity contribution < 1.29 is 14.6 Å². The summed E-state index contributed by atoms with van der Waals surface area (Å²) in [7, 11) is 0. The van der Waals surface area contributed by atoms with Crippen molar-refractivity contribution in [3.63, 3.8) is 0 Å². The number of aliphatic hydroxyl groups is 1. The number of thiazole rings is 1. The molecule has 0 spiro atoms. The Morgan fingerprint density at radius 2 is 1.84 bits per heavy atom. The molecule has 0 radical (unpaired) electrons. The number of hydrogen-bond acceptors (Lipinski definition) is 10. The van der Waals surface area contributed by atoms with Crippen molar-refractivity contribution in [1.29, 1.82) is 0 Å². The van der Waals surface area contributed by atoms with E-state index >= 15 is 0 Å². The SMILES string of the molecule is Cc1nc(NCc2ccncc2)nc(N[C@@H]2C[C@H](CO)[C@H]3OC(C)(C)O[C@H]32)c1-c1nc2ccccc2s1. The van der Waals surface area contributed by atoms with E-state index in [1.54, 1.807) is 23.7 Å². The Hall–Kier alpha value is -3.18. The third-order valence-corrected chi connectivity index (χ3v) is 7.99. The molecule has 1 aliphatic carbocycles. The van der Waals surface area contributed by atoms with Crippen LogP contribution in [0.4, 0.5) is 11.8 Å². The van der Waals surface area contributed by atoms with Crippen molar-refractivity contribution in [1.82, 2.24) is 19.9 Å². The Labute approximate surface area is 219 Å². The molecule has 1 saturated carbocycles. The number of aromatic nitrogens is 4. The van der Waals surface area contributed by atoms with Gasteiger partial charge in [0.05, 0.1) is 33.6 Å². The molecule has 1 saturated heterocycles. The normalized spacial score (nSPS) is 24.3. The Morgan fingerprint density at radius 1 is 1.05 bits per heavy atom. The zero-order chi connectivity index (χ0) is 25.6. The number of anilines is 2. The van der Waals surface area contributed by atoms with Crippen molar-refractivity contribution in [2.45, 2.75) is 57.8 Å². The van der Waals surface area contributed by atoms with Crippen molar-refractivity contribution in [3.8, 4) is 10.6 Å². The van der Waals surface area contributed by atoms with E-state index in [2.05, 4.69) is 21.7 Å². The second-order valence-electron chi connectivity index (χ2n) is 10.0. The van der Waals surface area contributed by atoms with E-state index in [9.17, 15) is 5.11 Å². The molecule has 1 aromatic carbocycles. The Balaban J connectivity index is 1.37. The molecule has 2 aliphatic rings. The maximum absolute atomic E-state index is 10.0. The second kappa shape index (κ2) is 9.60. The van der Waals surface area contributed by atoms with Crippen molar-refractivity contribution in [2.75, 3.05) is 17.2 Å². The number of hydrogen-bond donors (Lipinski definition) is 3. The first kappa shape index (κ1) is 24.2. The summed E-state index contributed by atoms with van der Waals surface area (Å²) >= 11 is 1.62. The van der Waals surface area contributed by atoms with Gasteiger partial charge < -0.3 is 25.2 Å². The molecular weight excluding hydrogens is 488 g/mol. The van der Waals surface area contributed by atoms with E-state index < -0.39 is 5.79 Å². The van der Waals surface area contributed by atoms with Crippen molar-refractivity contribution in [3.05, 3.63) is 60.0 Å². The number of aliphatic hydroxyl groups excluding tert-OH is 1. The second-order valence-corrected chi connectivity index (χ2v) is 11.1. The lowest BCUT2D eigenvalue weighted by atomic mass is 10.1. The molecule has 0 amide bonds. The molecule has 4 aromatic rings. The molecule has 192 valence electrons. The highest BCUT2D eigenvalue weighted by atomic mass is 32.1. The van der Waals surface area contributed by atoms with Crippen LogP contribution in [0.5, 0.6) is 0 Å². The van der Waals surface area contributed by atoms with Gasteiger partial charge in [0.25, 0.3) is 0 Å². The topological polar surface area (TPSA) is 114 Å². The van der Waals surface area contributed by atoms with Gasteiger partial charge in [-0.05, 0) is 57.0 Å². The first-order valence-electron chi connectivity index (χ1n) is 12.5. The minimum atomic E-state index is -0.697. The highest BCUT2D eigenvalue weighted by Crippen LogP contribution is 2.44. The third kappa shape index (κ3) is 4.77. The molecule has 37 heavy (non-hydrogen) atoms. The summed E-state index contributed by atoms with van der Waals surface area (Å²) in [4.78, 5) is 18.7. The van der Waals surface area contributed by atoms with E-state index in [4.69, 9.17) is 24.4 Å². The molecule has 3 aromatic heterocycles. The lowest BCUT2D eigenvalue weighted by Gasteiger charge is -2.25. The van der Waals surface area contributed by atoms with Gasteiger partial charge >= 0.3 is 0 Å². The lowest BCUT2D eigenvalue weighted by molar-refractivity contribution is -0.158. The van der Waals surface area contributed by atoms with Gasteiger partial charge in [0.2, 0.25) is 5.95 Å². The smallest absolute Gasteiger partial charge is 0.225 e. The largest absolute Gasteiger partial charge is 0.396 e. The van der Waals surface area contributed by atoms with Crippen LogP contribution < -0.4 is 10.6 Å². The van der Waals surface area contributed by atoms with Gasteiger partial charge in [0.15, 0.2) is 5.79 Å². The molecule has 1 aliphatic heterocycles. The molecule has 0 bridgehead atoms. The van der Waals surface area contributed by atoms with Crippen LogP contribution in [-0.2, 0) is 16.0 Å². The summed E-state index contributed by atoms with van der Waals surface area (Å²) in [5, 5.41) is 17.9. The molecule has 10 heteroatoms. The van der Waals surface area contributed by atoms with Gasteiger partial charge in [0, 0.05) is 31.5 Å². The van der Waals surface area contributed by atoms with E-state index in [1.165, 1.54) is 0 Å². The number of fused-ring (bicyclic) bond motifs is 2. The number of nitrogens with one attached hydrogen (secondary N) is 2. The van der Waals surface area contributed by atoms with Crippen LogP contribution in [0, 0.1) is 12.8 Å². The lowest BCUT2D eigenvalue weighted by Crippen LogP contribution is -2.35. The number of aryl methyl sites for hydroxylation is 1. The maximum atomic E-state index is 10.0. The standard InChI is InChI=1S/C27H30N6O3S/c1-15-21(25-32-18-6-4-5-7-20(18)37-25)24(33-26(30-15)29-13-16-8-10-28-11-9-16)31-19-12-17(14-34)22-23(19)36-27(2,3)35-22/h4-11,17,19,22-23,34H,12-14H2,1-3H3,(H2,29,30,31,33)/t17-,19-,22-,23+/m1/s1. The van der Waals surface area contributed by atoms with E-state index in [-0.39, 0.29) is 30.8 Å². The summed E-state index contributed by atoms with van der Waals surface area (Å²) in [5.41, 5.74) is 3.73. The summed E-state index contributed by atoms with van der Waals surface area (Å²) in [6.07, 6.45) is 3.88. The number of para-hydroxylation sites is 1. The van der Waals surface area contributed by atoms with Crippen LogP contribution in [0.1, 0.15) is 31.5 Å². The monoisotopic (exact) mass is 518 g/mol. The van der Waals surface area contributed by atoms with Crippen LogP contribution in [0.25, 0.3) is 20.8 Å². The van der Waals surface area contributed by atoms with Crippen molar-refractivity contribution >= 4 is 33.3 Å². The summed E-state index contributed by atoms with van der Waals surface area (Å²) < 4.78 is 13.5. The fourth-order valence-corrected chi connectivity index (χ4v) is 6.32. The average molecular weight is 519 g/mol. The fourth-order valence-electron chi connectivity index (χ4n) is 5.26. The van der Waals surface area contributed by atoms with E-state index in [0.29, 0.717) is 24.7 Å². The number of rotatable bonds is 7. The van der Waals surface area contributed by atoms with Gasteiger partial charge in [-0.1, -0.05) is 12.1 Å². The molecule has 6 rings (SSSR count). The number of pyridine rings is 1. The van der Waals surface area contributed by atoms with Crippen LogP contribution in [0.3, 0.4) is 0 Å². The quantitative estimate of drug-likeness (QED) is 0.328. The van der Waals surface area contributed by atoms with Gasteiger partial charge in [-0.15, -0.1) is 11.3 Å². The highest BCUT2D eigenvalue weighted by Gasteiger charge is 2.54. The minimum absolute atomic E-state index is 0.0117. The minimum Gasteiger partial charge on any atom is -0.396 e. The molecule has 3 N–H and O–H groups in total. The number of ether oxygens (including phenoxy) is 2. The number of nitrogens with zero attached hydrogens (tertiary/aromatic N) is 4. The molecule has 9 nitrogen and oxygen atoms in total. The maximum Gasteiger partial charge on any atom is 0.225 e. The average Bonchev–Trinajstić information content (AvgIpc) is 3.54. The van der Waals surface area contributed by atoms with Crippen LogP contribution >= 0.6 is 11.3 Å². The van der Waals surface area contributed by atoms with Crippen LogP contribution in [-0.4, -0.2) is 55.7 Å². The molecular formula is C27H30N6O3S. The number of benzene rings is 1. The van der Waals surface area contributed by atoms with Gasteiger partial charge in [-0.2, -0.15) is 4.98 Å². The van der Waals surface area contributed by atoms with Gasteiger partial charge in [-0.3, -0.25) is 4.98 Å². The predicted molar refractivity (Wildman–Crippen MR) is 143 cm³/mol. The summed E-state index contributed by atoms with van der Waals surface area (Å²) in [6.45, 7) is 6.44. The molecule has 2 fully saturated rings. The first-order chi connectivity index (χ1) is 17.9. The van der Waals surface area contributed by atoms with Gasteiger partial charge in [0.1, 0.15) is 16.9 Å². The first-order valence-corrected chi connectivity index (χ1v) is 13.3. The summed E-state index contributed by atoms with van der Waals surface area (Å²) in [5.74, 6) is 0.512. The Kier molecular flexibility index (Phi) is 6.28.